The van der Waals surface area contributed by atoms with Gasteiger partial charge in [0.25, 0.3) is 5.91 Å². The average molecular weight is 362 g/mol. The van der Waals surface area contributed by atoms with Crippen LogP contribution in [0.5, 0.6) is 0 Å². The number of carbonyl (C=O) groups excluding carboxylic acids is 1. The summed E-state index contributed by atoms with van der Waals surface area (Å²) in [6.07, 6.45) is 0.635. The Morgan fingerprint density at radius 2 is 1.95 bits per heavy atom. The van der Waals surface area contributed by atoms with Gasteiger partial charge in [-0.3, -0.25) is 4.79 Å². The van der Waals surface area contributed by atoms with E-state index in [9.17, 15) is 9.18 Å². The summed E-state index contributed by atoms with van der Waals surface area (Å²) < 4.78 is 19.2. The molecule has 0 aliphatic heterocycles. The van der Waals surface area contributed by atoms with Crippen molar-refractivity contribution in [2.75, 3.05) is 6.54 Å². The van der Waals surface area contributed by atoms with E-state index in [2.05, 4.69) is 21.2 Å². The second-order valence-corrected chi connectivity index (χ2v) is 5.75. The van der Waals surface area contributed by atoms with Gasteiger partial charge in [-0.15, -0.1) is 0 Å². The lowest BCUT2D eigenvalue weighted by Gasteiger charge is -2.03. The third-order valence-electron chi connectivity index (χ3n) is 3.34. The summed E-state index contributed by atoms with van der Waals surface area (Å²) >= 11 is 3.43. The van der Waals surface area contributed by atoms with Gasteiger partial charge in [0, 0.05) is 16.4 Å². The van der Waals surface area contributed by atoms with Gasteiger partial charge in [0.15, 0.2) is 5.76 Å². The minimum Gasteiger partial charge on any atom is -0.451 e. The minimum atomic E-state index is -0.263. The van der Waals surface area contributed by atoms with Crippen molar-refractivity contribution in [3.8, 4) is 0 Å². The second kappa shape index (κ2) is 6.32. The Morgan fingerprint density at radius 3 is 2.68 bits per heavy atom. The summed E-state index contributed by atoms with van der Waals surface area (Å²) in [5.41, 5.74) is 1.63. The molecule has 1 amide bonds. The molecule has 1 N–H and O–H groups in total. The Balaban J connectivity index is 1.63. The highest BCUT2D eigenvalue weighted by Gasteiger charge is 2.13. The van der Waals surface area contributed by atoms with Crippen LogP contribution in [0.25, 0.3) is 11.0 Å². The third-order valence-corrected chi connectivity index (χ3v) is 4.04. The molecule has 0 spiro atoms. The van der Waals surface area contributed by atoms with Crippen LogP contribution >= 0.6 is 15.9 Å². The van der Waals surface area contributed by atoms with Crippen LogP contribution in [-0.2, 0) is 6.42 Å². The number of amides is 1. The highest BCUT2D eigenvalue weighted by molar-refractivity contribution is 9.10. The van der Waals surface area contributed by atoms with E-state index >= 15 is 0 Å². The highest BCUT2D eigenvalue weighted by atomic mass is 79.9. The van der Waals surface area contributed by atoms with Crippen molar-refractivity contribution in [3.05, 3.63) is 70.1 Å². The van der Waals surface area contributed by atoms with E-state index in [0.29, 0.717) is 18.5 Å². The van der Waals surface area contributed by atoms with Gasteiger partial charge in [-0.1, -0.05) is 34.1 Å². The maximum atomic E-state index is 12.8. The molecule has 0 aliphatic rings. The lowest BCUT2D eigenvalue weighted by molar-refractivity contribution is 0.0928. The first kappa shape index (κ1) is 14.8. The van der Waals surface area contributed by atoms with Gasteiger partial charge in [0.05, 0.1) is 0 Å². The number of nitrogens with one attached hydrogen (secondary N) is 1. The predicted molar refractivity (Wildman–Crippen MR) is 86.4 cm³/mol. The van der Waals surface area contributed by atoms with E-state index in [1.54, 1.807) is 18.2 Å². The topological polar surface area (TPSA) is 42.2 Å². The summed E-state index contributed by atoms with van der Waals surface area (Å²) in [5.74, 6) is -0.244. The lowest BCUT2D eigenvalue weighted by Crippen LogP contribution is -2.25. The van der Waals surface area contributed by atoms with E-state index in [1.165, 1.54) is 12.1 Å². The number of rotatable bonds is 4. The van der Waals surface area contributed by atoms with Crippen LogP contribution < -0.4 is 5.32 Å². The molecule has 5 heteroatoms. The second-order valence-electron chi connectivity index (χ2n) is 4.89. The zero-order chi connectivity index (χ0) is 15.5. The molecule has 0 bridgehead atoms. The van der Waals surface area contributed by atoms with Crippen LogP contribution in [0.4, 0.5) is 4.39 Å². The SMILES string of the molecule is O=C(NCCc1ccc(F)cc1)c1cc2c(Br)cccc2o1. The Labute approximate surface area is 135 Å². The summed E-state index contributed by atoms with van der Waals surface area (Å²) in [6, 6.07) is 13.5. The van der Waals surface area contributed by atoms with Crippen molar-refractivity contribution >= 4 is 32.8 Å². The fourth-order valence-corrected chi connectivity index (χ4v) is 2.66. The first-order valence-corrected chi connectivity index (χ1v) is 7.63. The zero-order valence-corrected chi connectivity index (χ0v) is 13.2. The van der Waals surface area contributed by atoms with Crippen LogP contribution in [-0.4, -0.2) is 12.5 Å². The van der Waals surface area contributed by atoms with E-state index in [0.717, 1.165) is 15.4 Å². The molecule has 1 heterocycles. The number of fused-ring (bicyclic) bond motifs is 1. The zero-order valence-electron chi connectivity index (χ0n) is 11.6. The van der Waals surface area contributed by atoms with Crippen molar-refractivity contribution < 1.29 is 13.6 Å². The summed E-state index contributed by atoms with van der Waals surface area (Å²) in [7, 11) is 0. The fourth-order valence-electron chi connectivity index (χ4n) is 2.20. The van der Waals surface area contributed by atoms with E-state index in [-0.39, 0.29) is 17.5 Å². The molecule has 2 aromatic carbocycles. The molecule has 0 aliphatic carbocycles. The van der Waals surface area contributed by atoms with Crippen LogP contribution in [0.1, 0.15) is 16.1 Å². The van der Waals surface area contributed by atoms with Crippen LogP contribution in [0, 0.1) is 5.82 Å². The molecule has 0 fully saturated rings. The fraction of sp³-hybridized carbons (Fsp3) is 0.118. The first-order valence-electron chi connectivity index (χ1n) is 6.84. The average Bonchev–Trinajstić information content (AvgIpc) is 2.95. The molecule has 3 aromatic rings. The maximum Gasteiger partial charge on any atom is 0.287 e. The van der Waals surface area contributed by atoms with Gasteiger partial charge in [0.2, 0.25) is 0 Å². The monoisotopic (exact) mass is 361 g/mol. The lowest BCUT2D eigenvalue weighted by atomic mass is 10.1. The van der Waals surface area contributed by atoms with Gasteiger partial charge < -0.3 is 9.73 Å². The summed E-state index contributed by atoms with van der Waals surface area (Å²) in [6.45, 7) is 0.461. The Hall–Kier alpha value is -2.14. The quantitative estimate of drug-likeness (QED) is 0.752. The number of furan rings is 1. The van der Waals surface area contributed by atoms with Crippen molar-refractivity contribution in [3.63, 3.8) is 0 Å². The number of carbonyl (C=O) groups is 1. The molecule has 3 nitrogen and oxygen atoms in total. The molecule has 0 unspecified atom stereocenters. The van der Waals surface area contributed by atoms with Crippen LogP contribution in [0.2, 0.25) is 0 Å². The predicted octanol–water partition coefficient (Wildman–Crippen LogP) is 4.31. The van der Waals surface area contributed by atoms with E-state index < -0.39 is 0 Å². The van der Waals surface area contributed by atoms with Crippen LogP contribution in [0.15, 0.2) is 57.4 Å². The van der Waals surface area contributed by atoms with Crippen molar-refractivity contribution in [2.45, 2.75) is 6.42 Å². The van der Waals surface area contributed by atoms with Gasteiger partial charge >= 0.3 is 0 Å². The summed E-state index contributed by atoms with van der Waals surface area (Å²) in [4.78, 5) is 12.1. The molecule has 0 atom stereocenters. The Bertz CT molecular complexity index is 811. The molecule has 0 saturated carbocycles. The van der Waals surface area contributed by atoms with Crippen molar-refractivity contribution in [1.82, 2.24) is 5.32 Å². The number of benzene rings is 2. The molecule has 22 heavy (non-hydrogen) atoms. The molecular weight excluding hydrogens is 349 g/mol. The van der Waals surface area contributed by atoms with Gasteiger partial charge in [-0.25, -0.2) is 4.39 Å². The molecule has 0 saturated heterocycles. The van der Waals surface area contributed by atoms with E-state index in [4.69, 9.17) is 4.42 Å². The Morgan fingerprint density at radius 1 is 1.18 bits per heavy atom. The van der Waals surface area contributed by atoms with Gasteiger partial charge in [-0.2, -0.15) is 0 Å². The standard InChI is InChI=1S/C17H13BrFNO2/c18-14-2-1-3-15-13(14)10-16(22-15)17(21)20-9-8-11-4-6-12(19)7-5-11/h1-7,10H,8-9H2,(H,20,21). The maximum absolute atomic E-state index is 12.8. The molecule has 0 radical (unpaired) electrons. The van der Waals surface area contributed by atoms with E-state index in [1.807, 2.05) is 18.2 Å². The molecule has 3 rings (SSSR count). The first-order chi connectivity index (χ1) is 10.6. The molecule has 112 valence electrons. The number of hydrogen-bond donors (Lipinski definition) is 1. The molecular formula is C17H13BrFNO2. The summed E-state index contributed by atoms with van der Waals surface area (Å²) in [5, 5.41) is 3.67. The Kier molecular flexibility index (Phi) is 4.24. The number of hydrogen-bond acceptors (Lipinski definition) is 2. The van der Waals surface area contributed by atoms with Gasteiger partial charge in [0.1, 0.15) is 11.4 Å². The molecule has 1 aromatic heterocycles. The smallest absolute Gasteiger partial charge is 0.287 e. The van der Waals surface area contributed by atoms with Crippen molar-refractivity contribution in [1.29, 1.82) is 0 Å². The van der Waals surface area contributed by atoms with Gasteiger partial charge in [-0.05, 0) is 42.3 Å². The van der Waals surface area contributed by atoms with Crippen molar-refractivity contribution in [2.24, 2.45) is 0 Å². The number of halogens is 2. The normalized spacial score (nSPS) is 10.8. The largest absolute Gasteiger partial charge is 0.451 e. The third kappa shape index (κ3) is 3.20. The minimum absolute atomic E-state index is 0.259. The highest BCUT2D eigenvalue weighted by Crippen LogP contribution is 2.26. The van der Waals surface area contributed by atoms with Crippen LogP contribution in [0.3, 0.4) is 0 Å².